The number of nitrogens with zero attached hydrogens (tertiary/aromatic N) is 2. The van der Waals surface area contributed by atoms with Gasteiger partial charge in [-0.05, 0) is 31.6 Å². The molecule has 1 aliphatic carbocycles. The van der Waals surface area contributed by atoms with Crippen molar-refractivity contribution in [3.05, 3.63) is 0 Å². The van der Waals surface area contributed by atoms with E-state index in [1.54, 1.807) is 4.90 Å². The van der Waals surface area contributed by atoms with Gasteiger partial charge in [-0.1, -0.05) is 0 Å². The molecule has 2 aliphatic heterocycles. The molecule has 3 N–H and O–H groups in total. The molecule has 1 saturated carbocycles. The zero-order chi connectivity index (χ0) is 14.3. The van der Waals surface area contributed by atoms with Crippen molar-refractivity contribution >= 4 is 11.8 Å². The molecule has 3 aliphatic rings. The first-order chi connectivity index (χ1) is 9.48. The lowest BCUT2D eigenvalue weighted by molar-refractivity contribution is -0.146. The van der Waals surface area contributed by atoms with Crippen molar-refractivity contribution in [2.45, 2.75) is 31.3 Å². The monoisotopic (exact) mass is 281 g/mol. The molecule has 112 valence electrons. The summed E-state index contributed by atoms with van der Waals surface area (Å²) >= 11 is 0. The highest BCUT2D eigenvalue weighted by atomic mass is 16.3. The second-order valence-electron chi connectivity index (χ2n) is 6.60. The van der Waals surface area contributed by atoms with E-state index in [9.17, 15) is 14.7 Å². The second kappa shape index (κ2) is 5.00. The normalized spacial score (nSPS) is 29.9. The molecular weight excluding hydrogens is 258 g/mol. The molecule has 1 unspecified atom stereocenters. The highest BCUT2D eigenvalue weighted by Gasteiger charge is 2.52. The van der Waals surface area contributed by atoms with Gasteiger partial charge in [-0.3, -0.25) is 14.5 Å². The summed E-state index contributed by atoms with van der Waals surface area (Å²) in [7, 11) is 0. The molecule has 0 bridgehead atoms. The van der Waals surface area contributed by atoms with Crippen LogP contribution in [0.25, 0.3) is 0 Å². The Hall–Kier alpha value is -1.14. The Morgan fingerprint density at radius 3 is 2.55 bits per heavy atom. The maximum atomic E-state index is 12.2. The van der Waals surface area contributed by atoms with Crippen LogP contribution in [0.2, 0.25) is 0 Å². The Labute approximate surface area is 118 Å². The van der Waals surface area contributed by atoms with Crippen molar-refractivity contribution in [2.24, 2.45) is 17.6 Å². The summed E-state index contributed by atoms with van der Waals surface area (Å²) in [6.07, 6.45) is 3.85. The van der Waals surface area contributed by atoms with Crippen molar-refractivity contribution < 1.29 is 14.7 Å². The summed E-state index contributed by atoms with van der Waals surface area (Å²) in [4.78, 5) is 27.2. The van der Waals surface area contributed by atoms with Crippen LogP contribution in [-0.4, -0.2) is 65.0 Å². The maximum Gasteiger partial charge on any atom is 0.236 e. The quantitative estimate of drug-likeness (QED) is 0.704. The average Bonchev–Trinajstić information content (AvgIpc) is 3.21. The molecule has 2 saturated heterocycles. The molecule has 0 aromatic rings. The summed E-state index contributed by atoms with van der Waals surface area (Å²) in [5, 5.41) is 10.2. The number of hydrogen-bond donors (Lipinski definition) is 2. The molecule has 20 heavy (non-hydrogen) atoms. The Morgan fingerprint density at radius 2 is 1.95 bits per heavy atom. The van der Waals surface area contributed by atoms with Gasteiger partial charge < -0.3 is 15.7 Å². The summed E-state index contributed by atoms with van der Waals surface area (Å²) in [6.45, 7) is 2.73. The number of piperidine rings is 1. The van der Waals surface area contributed by atoms with E-state index in [-0.39, 0.29) is 17.7 Å². The zero-order valence-electron chi connectivity index (χ0n) is 11.8. The van der Waals surface area contributed by atoms with E-state index in [1.165, 1.54) is 0 Å². The number of primary amides is 1. The van der Waals surface area contributed by atoms with Crippen molar-refractivity contribution in [1.29, 1.82) is 0 Å². The molecule has 0 aromatic heterocycles. The first-order valence-corrected chi connectivity index (χ1v) is 7.50. The Kier molecular flexibility index (Phi) is 3.46. The van der Waals surface area contributed by atoms with Crippen LogP contribution >= 0.6 is 0 Å². The fraction of sp³-hybridized carbons (Fsp3) is 0.857. The maximum absolute atomic E-state index is 12.2. The van der Waals surface area contributed by atoms with E-state index in [0.29, 0.717) is 38.6 Å². The highest BCUT2D eigenvalue weighted by molar-refractivity contribution is 5.81. The SMILES string of the molecule is NC(=O)C1CCCN(C(=O)CN2CC(O)(C3CC3)C2)C1. The number of rotatable bonds is 4. The molecule has 6 nitrogen and oxygen atoms in total. The number of β-amino-alcohol motifs (C(OH)–C–C–N with tert-alkyl or cyclic N) is 1. The van der Waals surface area contributed by atoms with Crippen LogP contribution < -0.4 is 5.73 Å². The largest absolute Gasteiger partial charge is 0.387 e. The molecule has 2 amide bonds. The predicted octanol–water partition coefficient (Wildman–Crippen LogP) is -0.833. The minimum atomic E-state index is -0.544. The van der Waals surface area contributed by atoms with Gasteiger partial charge >= 0.3 is 0 Å². The van der Waals surface area contributed by atoms with Gasteiger partial charge in [0.2, 0.25) is 11.8 Å². The van der Waals surface area contributed by atoms with Gasteiger partial charge in [-0.25, -0.2) is 0 Å². The number of aliphatic hydroxyl groups is 1. The number of amides is 2. The zero-order valence-corrected chi connectivity index (χ0v) is 11.8. The fourth-order valence-corrected chi connectivity index (χ4v) is 3.45. The van der Waals surface area contributed by atoms with Crippen molar-refractivity contribution in [3.8, 4) is 0 Å². The van der Waals surface area contributed by atoms with Crippen LogP contribution in [0.5, 0.6) is 0 Å². The van der Waals surface area contributed by atoms with Gasteiger partial charge in [0.25, 0.3) is 0 Å². The molecule has 6 heteroatoms. The lowest BCUT2D eigenvalue weighted by Crippen LogP contribution is -2.64. The van der Waals surface area contributed by atoms with Gasteiger partial charge in [0.05, 0.1) is 18.1 Å². The fourth-order valence-electron chi connectivity index (χ4n) is 3.45. The minimum absolute atomic E-state index is 0.0498. The Bertz CT molecular complexity index is 416. The third-order valence-corrected chi connectivity index (χ3v) is 4.87. The van der Waals surface area contributed by atoms with Crippen molar-refractivity contribution in [1.82, 2.24) is 9.80 Å². The number of nitrogens with two attached hydrogens (primary N) is 1. The van der Waals surface area contributed by atoms with Crippen LogP contribution in [0.15, 0.2) is 0 Å². The topological polar surface area (TPSA) is 86.9 Å². The molecule has 1 atom stereocenters. The number of carbonyl (C=O) groups excluding carboxylic acids is 2. The molecule has 3 fully saturated rings. The summed E-state index contributed by atoms with van der Waals surface area (Å²) in [6, 6.07) is 0. The van der Waals surface area contributed by atoms with E-state index in [4.69, 9.17) is 5.73 Å². The predicted molar refractivity (Wildman–Crippen MR) is 72.6 cm³/mol. The lowest BCUT2D eigenvalue weighted by atomic mass is 9.88. The van der Waals surface area contributed by atoms with Crippen LogP contribution in [0.4, 0.5) is 0 Å². The third-order valence-electron chi connectivity index (χ3n) is 4.87. The summed E-state index contributed by atoms with van der Waals surface area (Å²) in [5.41, 5.74) is 4.78. The van der Waals surface area contributed by atoms with E-state index >= 15 is 0 Å². The van der Waals surface area contributed by atoms with E-state index < -0.39 is 5.60 Å². The number of hydrogen-bond acceptors (Lipinski definition) is 4. The van der Waals surface area contributed by atoms with Crippen LogP contribution in [0.1, 0.15) is 25.7 Å². The van der Waals surface area contributed by atoms with Crippen molar-refractivity contribution in [2.75, 3.05) is 32.7 Å². The summed E-state index contributed by atoms with van der Waals surface area (Å²) < 4.78 is 0. The molecule has 0 radical (unpaired) electrons. The smallest absolute Gasteiger partial charge is 0.236 e. The van der Waals surface area contributed by atoms with E-state index in [0.717, 1.165) is 25.7 Å². The minimum Gasteiger partial charge on any atom is -0.387 e. The molecule has 0 aromatic carbocycles. The molecule has 0 spiro atoms. The van der Waals surface area contributed by atoms with Gasteiger partial charge in [0.1, 0.15) is 0 Å². The van der Waals surface area contributed by atoms with E-state index in [1.807, 2.05) is 4.90 Å². The first kappa shape index (κ1) is 13.8. The first-order valence-electron chi connectivity index (χ1n) is 7.50. The van der Waals surface area contributed by atoms with Crippen LogP contribution in [0.3, 0.4) is 0 Å². The Balaban J connectivity index is 1.46. The average molecular weight is 281 g/mol. The van der Waals surface area contributed by atoms with Crippen LogP contribution in [-0.2, 0) is 9.59 Å². The second-order valence-corrected chi connectivity index (χ2v) is 6.60. The standard InChI is InChI=1S/C14H23N3O3/c15-13(19)10-2-1-5-17(6-10)12(18)7-16-8-14(20,9-16)11-3-4-11/h10-11,20H,1-9H2,(H2,15,19). The molecule has 2 heterocycles. The van der Waals surface area contributed by atoms with Gasteiger partial charge in [-0.15, -0.1) is 0 Å². The highest BCUT2D eigenvalue weighted by Crippen LogP contribution is 2.44. The van der Waals surface area contributed by atoms with Gasteiger partial charge in [0.15, 0.2) is 0 Å². The third kappa shape index (κ3) is 2.67. The Morgan fingerprint density at radius 1 is 1.25 bits per heavy atom. The van der Waals surface area contributed by atoms with Gasteiger partial charge in [0, 0.05) is 26.2 Å². The number of likely N-dealkylation sites (tertiary alicyclic amines) is 2. The van der Waals surface area contributed by atoms with Crippen molar-refractivity contribution in [3.63, 3.8) is 0 Å². The molecular formula is C14H23N3O3. The lowest BCUT2D eigenvalue weighted by Gasteiger charge is -2.47. The van der Waals surface area contributed by atoms with Crippen LogP contribution in [0, 0.1) is 11.8 Å². The van der Waals surface area contributed by atoms with Gasteiger partial charge in [-0.2, -0.15) is 0 Å². The number of carbonyl (C=O) groups is 2. The summed E-state index contributed by atoms with van der Waals surface area (Å²) in [5.74, 6) is -0.0149. The van der Waals surface area contributed by atoms with E-state index in [2.05, 4.69) is 0 Å². The molecule has 3 rings (SSSR count).